The van der Waals surface area contributed by atoms with Gasteiger partial charge in [-0.2, -0.15) is 4.31 Å². The molecule has 2 fully saturated rings. The Balaban J connectivity index is 1.29. The van der Waals surface area contributed by atoms with Crippen molar-refractivity contribution in [3.05, 3.63) is 39.2 Å². The fourth-order valence-electron chi connectivity index (χ4n) is 4.38. The molecule has 0 saturated carbocycles. The van der Waals surface area contributed by atoms with E-state index in [9.17, 15) is 13.2 Å². The molecule has 4 heterocycles. The van der Waals surface area contributed by atoms with Crippen LogP contribution in [0.3, 0.4) is 0 Å². The third kappa shape index (κ3) is 4.26. The van der Waals surface area contributed by atoms with Gasteiger partial charge in [0.25, 0.3) is 10.0 Å². The lowest BCUT2D eigenvalue weighted by molar-refractivity contribution is -0.134. The Labute approximate surface area is 210 Å². The van der Waals surface area contributed by atoms with Crippen molar-refractivity contribution in [2.75, 3.05) is 37.6 Å². The standard InChI is InChI=1S/C21H22Cl2N4O3S3/c1-13-4-5-14(22)19-18(13)24-21(32-19)26-11-9-25(10-12-26)20(28)15-3-2-8-27(15)33(29,30)17-7-6-16(23)31-17/h4-7,15H,2-3,8-12H2,1H3. The summed E-state index contributed by atoms with van der Waals surface area (Å²) in [7, 11) is -3.74. The average molecular weight is 546 g/mol. The molecule has 12 heteroatoms. The van der Waals surface area contributed by atoms with Gasteiger partial charge >= 0.3 is 0 Å². The molecule has 5 rings (SSSR count). The molecule has 2 saturated heterocycles. The lowest BCUT2D eigenvalue weighted by Gasteiger charge is -2.37. The van der Waals surface area contributed by atoms with Gasteiger partial charge in [-0.1, -0.05) is 40.6 Å². The first-order valence-electron chi connectivity index (χ1n) is 10.6. The first-order valence-corrected chi connectivity index (χ1v) is 14.4. The maximum atomic E-state index is 13.3. The van der Waals surface area contributed by atoms with Crippen LogP contribution in [0.5, 0.6) is 0 Å². The second kappa shape index (κ2) is 8.98. The SMILES string of the molecule is Cc1ccc(Cl)c2sc(N3CCN(C(=O)C4CCCN4S(=O)(=O)c4ccc(Cl)s4)CC3)nc12. The molecule has 176 valence electrons. The van der Waals surface area contributed by atoms with E-state index in [1.54, 1.807) is 22.3 Å². The number of hydrogen-bond donors (Lipinski definition) is 0. The highest BCUT2D eigenvalue weighted by atomic mass is 35.5. The van der Waals surface area contributed by atoms with Crippen molar-refractivity contribution in [3.8, 4) is 0 Å². The molecular weight excluding hydrogens is 523 g/mol. The molecule has 2 aliphatic rings. The van der Waals surface area contributed by atoms with Crippen LogP contribution in [0, 0.1) is 6.92 Å². The van der Waals surface area contributed by atoms with Gasteiger partial charge in [-0.3, -0.25) is 4.79 Å². The third-order valence-corrected chi connectivity index (χ3v) is 11.3. The Morgan fingerprint density at radius 1 is 1.06 bits per heavy atom. The number of aryl methyl sites for hydroxylation is 1. The monoisotopic (exact) mass is 544 g/mol. The van der Waals surface area contributed by atoms with E-state index in [1.807, 2.05) is 19.1 Å². The summed E-state index contributed by atoms with van der Waals surface area (Å²) in [6.07, 6.45) is 1.20. The van der Waals surface area contributed by atoms with E-state index in [0.29, 0.717) is 54.9 Å². The summed E-state index contributed by atoms with van der Waals surface area (Å²) in [5.41, 5.74) is 2.00. The number of aromatic nitrogens is 1. The van der Waals surface area contributed by atoms with E-state index in [2.05, 4.69) is 4.90 Å². The number of piperazine rings is 1. The van der Waals surface area contributed by atoms with Gasteiger partial charge in [0.1, 0.15) is 10.3 Å². The molecule has 0 N–H and O–H groups in total. The zero-order valence-corrected chi connectivity index (χ0v) is 21.8. The van der Waals surface area contributed by atoms with E-state index < -0.39 is 16.1 Å². The molecule has 1 unspecified atom stereocenters. The second-order valence-corrected chi connectivity index (χ2v) is 13.4. The van der Waals surface area contributed by atoms with E-state index in [0.717, 1.165) is 32.2 Å². The summed E-state index contributed by atoms with van der Waals surface area (Å²) in [6, 6.07) is 6.28. The van der Waals surface area contributed by atoms with Gasteiger partial charge in [-0.15, -0.1) is 11.3 Å². The Morgan fingerprint density at radius 3 is 2.48 bits per heavy atom. The highest BCUT2D eigenvalue weighted by molar-refractivity contribution is 7.91. The van der Waals surface area contributed by atoms with Crippen molar-refractivity contribution in [2.45, 2.75) is 30.0 Å². The lowest BCUT2D eigenvalue weighted by atomic mass is 10.2. The minimum absolute atomic E-state index is 0.124. The number of carbonyl (C=O) groups excluding carboxylic acids is 1. The number of amides is 1. The minimum Gasteiger partial charge on any atom is -0.345 e. The zero-order valence-electron chi connectivity index (χ0n) is 17.8. The molecule has 1 atom stereocenters. The number of nitrogens with zero attached hydrogens (tertiary/aromatic N) is 4. The molecule has 0 spiro atoms. The van der Waals surface area contributed by atoms with Crippen LogP contribution in [-0.2, 0) is 14.8 Å². The van der Waals surface area contributed by atoms with Crippen LogP contribution in [0.1, 0.15) is 18.4 Å². The van der Waals surface area contributed by atoms with Crippen molar-refractivity contribution in [1.82, 2.24) is 14.2 Å². The molecule has 2 aliphatic heterocycles. The van der Waals surface area contributed by atoms with Crippen molar-refractivity contribution in [2.24, 2.45) is 0 Å². The van der Waals surface area contributed by atoms with Gasteiger partial charge in [-0.05, 0) is 43.5 Å². The lowest BCUT2D eigenvalue weighted by Crippen LogP contribution is -2.54. The molecule has 2 aromatic heterocycles. The summed E-state index contributed by atoms with van der Waals surface area (Å²) in [4.78, 5) is 22.0. The largest absolute Gasteiger partial charge is 0.345 e. The van der Waals surface area contributed by atoms with Gasteiger partial charge in [0.2, 0.25) is 5.91 Å². The van der Waals surface area contributed by atoms with Crippen LogP contribution in [-0.4, -0.2) is 67.3 Å². The van der Waals surface area contributed by atoms with Crippen LogP contribution >= 0.6 is 45.9 Å². The number of fused-ring (bicyclic) bond motifs is 1. The van der Waals surface area contributed by atoms with Crippen LogP contribution < -0.4 is 4.90 Å². The summed E-state index contributed by atoms with van der Waals surface area (Å²) >= 11 is 14.9. The second-order valence-electron chi connectivity index (χ2n) is 8.18. The van der Waals surface area contributed by atoms with Crippen molar-refractivity contribution in [1.29, 1.82) is 0 Å². The summed E-state index contributed by atoms with van der Waals surface area (Å²) in [6.45, 7) is 4.70. The Bertz CT molecular complexity index is 1280. The molecular formula is C21H22Cl2N4O3S3. The maximum absolute atomic E-state index is 13.3. The summed E-state index contributed by atoms with van der Waals surface area (Å²) in [5.74, 6) is -0.124. The van der Waals surface area contributed by atoms with Crippen LogP contribution in [0.25, 0.3) is 10.2 Å². The normalized spacial score (nSPS) is 20.2. The molecule has 0 bridgehead atoms. The number of benzene rings is 1. The maximum Gasteiger partial charge on any atom is 0.253 e. The first kappa shape index (κ1) is 23.3. The van der Waals surface area contributed by atoms with Gasteiger partial charge in [0.05, 0.1) is 19.6 Å². The number of thiophene rings is 1. The van der Waals surface area contributed by atoms with Crippen molar-refractivity contribution in [3.63, 3.8) is 0 Å². The number of sulfonamides is 1. The van der Waals surface area contributed by atoms with Crippen LogP contribution in [0.15, 0.2) is 28.5 Å². The van der Waals surface area contributed by atoms with E-state index in [1.165, 1.54) is 10.4 Å². The molecule has 7 nitrogen and oxygen atoms in total. The summed E-state index contributed by atoms with van der Waals surface area (Å²) in [5, 5.41) is 1.59. The first-order chi connectivity index (χ1) is 15.8. The quantitative estimate of drug-likeness (QED) is 0.484. The van der Waals surface area contributed by atoms with Crippen molar-refractivity contribution < 1.29 is 13.2 Å². The number of halogens is 2. The molecule has 33 heavy (non-hydrogen) atoms. The highest BCUT2D eigenvalue weighted by Crippen LogP contribution is 2.36. The molecule has 0 aliphatic carbocycles. The summed E-state index contributed by atoms with van der Waals surface area (Å²) < 4.78 is 29.1. The Hall–Kier alpha value is -1.43. The van der Waals surface area contributed by atoms with Crippen LogP contribution in [0.2, 0.25) is 9.36 Å². The molecule has 1 amide bonds. The zero-order chi connectivity index (χ0) is 23.3. The number of rotatable bonds is 4. The Kier molecular flexibility index (Phi) is 6.34. The van der Waals surface area contributed by atoms with E-state index in [-0.39, 0.29) is 10.1 Å². The van der Waals surface area contributed by atoms with Gasteiger partial charge in [-0.25, -0.2) is 13.4 Å². The number of hydrogen-bond acceptors (Lipinski definition) is 7. The fraction of sp³-hybridized carbons (Fsp3) is 0.429. The predicted molar refractivity (Wildman–Crippen MR) is 134 cm³/mol. The van der Waals surface area contributed by atoms with E-state index >= 15 is 0 Å². The minimum atomic E-state index is -3.74. The molecule has 0 radical (unpaired) electrons. The van der Waals surface area contributed by atoms with Crippen LogP contribution in [0.4, 0.5) is 5.13 Å². The molecule has 3 aromatic rings. The topological polar surface area (TPSA) is 73.8 Å². The fourth-order valence-corrected chi connectivity index (χ4v) is 9.01. The van der Waals surface area contributed by atoms with Crippen molar-refractivity contribution >= 4 is 77.2 Å². The van der Waals surface area contributed by atoms with Gasteiger partial charge in [0, 0.05) is 32.7 Å². The number of thiazole rings is 1. The smallest absolute Gasteiger partial charge is 0.253 e. The van der Waals surface area contributed by atoms with Gasteiger partial charge in [0.15, 0.2) is 5.13 Å². The predicted octanol–water partition coefficient (Wildman–Crippen LogP) is 4.47. The third-order valence-electron chi connectivity index (χ3n) is 6.15. The average Bonchev–Trinajstić information content (AvgIpc) is 3.55. The number of anilines is 1. The van der Waals surface area contributed by atoms with E-state index in [4.69, 9.17) is 28.2 Å². The van der Waals surface area contributed by atoms with Gasteiger partial charge < -0.3 is 9.80 Å². The molecule has 1 aromatic carbocycles. The number of carbonyl (C=O) groups is 1. The Morgan fingerprint density at radius 2 is 1.82 bits per heavy atom. The highest BCUT2D eigenvalue weighted by Gasteiger charge is 2.42.